The summed E-state index contributed by atoms with van der Waals surface area (Å²) >= 11 is 1.44. The molecule has 0 spiro atoms. The molecular weight excluding hydrogens is 484 g/mol. The molecule has 6 nitrogen and oxygen atoms in total. The van der Waals surface area contributed by atoms with Crippen molar-refractivity contribution in [1.29, 1.82) is 5.26 Å². The molecule has 0 saturated carbocycles. The van der Waals surface area contributed by atoms with Crippen LogP contribution in [0.15, 0.2) is 65.9 Å². The quantitative estimate of drug-likeness (QED) is 0.398. The second-order valence-electron chi connectivity index (χ2n) is 9.69. The van der Waals surface area contributed by atoms with E-state index >= 15 is 0 Å². The molecule has 2 aliphatic rings. The van der Waals surface area contributed by atoms with Gasteiger partial charge in [-0.05, 0) is 24.6 Å². The van der Waals surface area contributed by atoms with E-state index in [2.05, 4.69) is 19.9 Å². The number of nitriles is 1. The molecule has 1 aliphatic carbocycles. The third kappa shape index (κ3) is 4.08. The first-order chi connectivity index (χ1) is 17.8. The Kier molecular flexibility index (Phi) is 6.30. The van der Waals surface area contributed by atoms with Crippen LogP contribution in [-0.2, 0) is 19.7 Å². The lowest BCUT2D eigenvalue weighted by atomic mass is 9.69. The number of nitrogens with zero attached hydrogens (tertiary/aromatic N) is 1. The molecule has 5 rings (SSSR count). The number of nitrogen functional groups attached to an aromatic ring is 1. The Bertz CT molecular complexity index is 1470. The van der Waals surface area contributed by atoms with Crippen LogP contribution >= 0.6 is 11.3 Å². The number of nitrogens with two attached hydrogens (primary N) is 1. The summed E-state index contributed by atoms with van der Waals surface area (Å²) in [5.74, 6) is 0.929. The Hall–Kier alpha value is -4.02. The van der Waals surface area contributed by atoms with E-state index in [9.17, 15) is 10.1 Å². The van der Waals surface area contributed by atoms with Gasteiger partial charge in [0.1, 0.15) is 28.3 Å². The minimum Gasteiger partial charge on any atom is -0.497 e. The van der Waals surface area contributed by atoms with Crippen molar-refractivity contribution in [3.05, 3.63) is 93.1 Å². The number of ether oxygens (including phenoxy) is 3. The number of benzene rings is 2. The minimum absolute atomic E-state index is 0.221. The largest absolute Gasteiger partial charge is 0.497 e. The van der Waals surface area contributed by atoms with E-state index in [1.807, 2.05) is 54.6 Å². The van der Waals surface area contributed by atoms with Crippen LogP contribution in [0.1, 0.15) is 60.2 Å². The summed E-state index contributed by atoms with van der Waals surface area (Å²) in [7, 11) is 1.62. The summed E-state index contributed by atoms with van der Waals surface area (Å²) in [5.41, 5.74) is 10.1. The zero-order chi connectivity index (χ0) is 26.3. The van der Waals surface area contributed by atoms with E-state index in [4.69, 9.17) is 19.9 Å². The zero-order valence-corrected chi connectivity index (χ0v) is 22.1. The van der Waals surface area contributed by atoms with Crippen LogP contribution in [0.3, 0.4) is 0 Å². The second kappa shape index (κ2) is 9.45. The summed E-state index contributed by atoms with van der Waals surface area (Å²) in [6, 6.07) is 19.6. The smallest absolute Gasteiger partial charge is 0.338 e. The van der Waals surface area contributed by atoms with Gasteiger partial charge >= 0.3 is 5.97 Å². The lowest BCUT2D eigenvalue weighted by Crippen LogP contribution is -2.30. The van der Waals surface area contributed by atoms with Gasteiger partial charge in [0.15, 0.2) is 0 Å². The number of carbonyl (C=O) groups is 1. The van der Waals surface area contributed by atoms with E-state index in [0.717, 1.165) is 32.9 Å². The monoisotopic (exact) mass is 512 g/mol. The van der Waals surface area contributed by atoms with Gasteiger partial charge in [-0.25, -0.2) is 4.79 Å². The normalized spacial score (nSPS) is 17.9. The molecule has 2 aromatic carbocycles. The molecule has 1 atom stereocenters. The Balaban J connectivity index is 1.85. The molecule has 2 N–H and O–H groups in total. The van der Waals surface area contributed by atoms with E-state index < -0.39 is 11.9 Å². The van der Waals surface area contributed by atoms with Gasteiger partial charge < -0.3 is 19.9 Å². The molecule has 1 aromatic heterocycles. The third-order valence-electron chi connectivity index (χ3n) is 6.86. The number of thiophene rings is 1. The predicted octanol–water partition coefficient (Wildman–Crippen LogP) is 6.39. The molecule has 0 saturated heterocycles. The fourth-order valence-electron chi connectivity index (χ4n) is 5.21. The maximum atomic E-state index is 13.7. The van der Waals surface area contributed by atoms with Gasteiger partial charge in [0.05, 0.1) is 24.9 Å². The summed E-state index contributed by atoms with van der Waals surface area (Å²) in [6.07, 6.45) is 0.596. The molecule has 1 unspecified atom stereocenters. The van der Waals surface area contributed by atoms with Crippen molar-refractivity contribution in [2.24, 2.45) is 0 Å². The van der Waals surface area contributed by atoms with E-state index in [0.29, 0.717) is 34.1 Å². The number of esters is 1. The van der Waals surface area contributed by atoms with Gasteiger partial charge in [0, 0.05) is 39.3 Å². The van der Waals surface area contributed by atoms with Crippen molar-refractivity contribution >= 4 is 33.6 Å². The van der Waals surface area contributed by atoms with Gasteiger partial charge in [-0.2, -0.15) is 5.26 Å². The lowest BCUT2D eigenvalue weighted by molar-refractivity contribution is -0.138. The van der Waals surface area contributed by atoms with Crippen LogP contribution in [0.25, 0.3) is 11.3 Å². The highest BCUT2D eigenvalue weighted by Gasteiger charge is 2.46. The zero-order valence-electron chi connectivity index (χ0n) is 21.3. The van der Waals surface area contributed by atoms with Crippen LogP contribution in [0.2, 0.25) is 0 Å². The second-order valence-corrected chi connectivity index (χ2v) is 10.7. The van der Waals surface area contributed by atoms with Gasteiger partial charge in [-0.1, -0.05) is 56.3 Å². The van der Waals surface area contributed by atoms with Crippen LogP contribution < -0.4 is 10.5 Å². The maximum absolute atomic E-state index is 13.7. The average Bonchev–Trinajstić information content (AvgIpc) is 3.25. The molecule has 0 amide bonds. The highest BCUT2D eigenvalue weighted by atomic mass is 32.1. The number of hydrogen-bond donors (Lipinski definition) is 1. The average molecular weight is 513 g/mol. The first-order valence-corrected chi connectivity index (χ1v) is 13.0. The van der Waals surface area contributed by atoms with Crippen LogP contribution in [0.4, 0.5) is 5.00 Å². The highest BCUT2D eigenvalue weighted by molar-refractivity contribution is 7.16. The lowest BCUT2D eigenvalue weighted by Gasteiger charge is -2.40. The molecule has 2 heterocycles. The molecule has 0 fully saturated rings. The number of rotatable bonds is 5. The van der Waals surface area contributed by atoms with Crippen molar-refractivity contribution in [1.82, 2.24) is 0 Å². The van der Waals surface area contributed by atoms with Crippen LogP contribution in [-0.4, -0.2) is 19.7 Å². The number of anilines is 1. The van der Waals surface area contributed by atoms with Gasteiger partial charge in [-0.15, -0.1) is 11.3 Å². The van der Waals surface area contributed by atoms with E-state index in [1.165, 1.54) is 11.3 Å². The number of allylic oxidation sites excluding steroid dienone is 2. The van der Waals surface area contributed by atoms with Crippen molar-refractivity contribution in [3.63, 3.8) is 0 Å². The molecule has 1 aliphatic heterocycles. The molecule has 37 heavy (non-hydrogen) atoms. The fraction of sp³-hybridized carbons (Fsp3) is 0.267. The molecule has 188 valence electrons. The van der Waals surface area contributed by atoms with Crippen LogP contribution in [0.5, 0.6) is 5.75 Å². The van der Waals surface area contributed by atoms with Crippen LogP contribution in [0, 0.1) is 11.3 Å². The van der Waals surface area contributed by atoms with Gasteiger partial charge in [0.2, 0.25) is 0 Å². The van der Waals surface area contributed by atoms with Crippen molar-refractivity contribution in [2.45, 2.75) is 38.5 Å². The Morgan fingerprint density at radius 1 is 1.19 bits per heavy atom. The summed E-state index contributed by atoms with van der Waals surface area (Å²) in [4.78, 5) is 14.7. The number of fused-ring (bicyclic) bond motifs is 2. The Morgan fingerprint density at radius 3 is 2.51 bits per heavy atom. The molecule has 0 radical (unpaired) electrons. The third-order valence-corrected chi connectivity index (χ3v) is 8.25. The summed E-state index contributed by atoms with van der Waals surface area (Å²) in [5, 5.41) is 10.6. The topological polar surface area (TPSA) is 94.6 Å². The first kappa shape index (κ1) is 24.7. The molecule has 0 bridgehead atoms. The van der Waals surface area contributed by atoms with Crippen molar-refractivity contribution < 1.29 is 19.0 Å². The summed E-state index contributed by atoms with van der Waals surface area (Å²) < 4.78 is 17.6. The Labute approximate surface area is 220 Å². The van der Waals surface area contributed by atoms with Gasteiger partial charge in [-0.3, -0.25) is 0 Å². The van der Waals surface area contributed by atoms with Crippen molar-refractivity contribution in [2.75, 3.05) is 19.5 Å². The molecular formula is C30H28N2O4S. The van der Waals surface area contributed by atoms with E-state index in [-0.39, 0.29) is 12.0 Å². The van der Waals surface area contributed by atoms with E-state index in [1.54, 1.807) is 14.0 Å². The Morgan fingerprint density at radius 2 is 1.89 bits per heavy atom. The number of carbonyl (C=O) groups excluding carboxylic acids is 1. The SMILES string of the molecule is CCOC(=O)C1=C(c2ccccc2)OC2=C(c3c(sc(N)c3C#N)C(C)(C)C2)C1c1ccc(OC)cc1. The number of methoxy groups -OCH3 is 1. The molecule has 7 heteroatoms. The number of hydrogen-bond acceptors (Lipinski definition) is 7. The fourth-order valence-corrected chi connectivity index (χ4v) is 6.34. The first-order valence-electron chi connectivity index (χ1n) is 12.2. The maximum Gasteiger partial charge on any atom is 0.338 e. The highest BCUT2D eigenvalue weighted by Crippen LogP contribution is 2.58. The molecule has 3 aromatic rings. The standard InChI is InChI=1S/C30H28N2O4S/c1-5-35-29(33)25-22(17-11-13-19(34-4)14-12-17)24-21(36-26(25)18-9-7-6-8-10-18)15-30(2,3)27-23(24)20(16-31)28(32)37-27/h6-14,22H,5,15,32H2,1-4H3. The summed E-state index contributed by atoms with van der Waals surface area (Å²) in [6.45, 7) is 6.27. The van der Waals surface area contributed by atoms with Crippen molar-refractivity contribution in [3.8, 4) is 11.8 Å². The minimum atomic E-state index is -0.528. The predicted molar refractivity (Wildman–Crippen MR) is 145 cm³/mol. The van der Waals surface area contributed by atoms with Gasteiger partial charge in [0.25, 0.3) is 0 Å².